The predicted molar refractivity (Wildman–Crippen MR) is 80.1 cm³/mol. The van der Waals surface area contributed by atoms with Gasteiger partial charge in [0, 0.05) is 6.04 Å². The second kappa shape index (κ2) is 5.94. The molecule has 0 amide bonds. The molecule has 0 heterocycles. The van der Waals surface area contributed by atoms with Gasteiger partial charge >= 0.3 is 5.97 Å². The van der Waals surface area contributed by atoms with Crippen molar-refractivity contribution in [1.82, 2.24) is 4.72 Å². The van der Waals surface area contributed by atoms with Crippen molar-refractivity contribution in [3.05, 3.63) is 28.8 Å². The smallest absolute Gasteiger partial charge is 0.337 e. The van der Waals surface area contributed by atoms with E-state index in [1.807, 2.05) is 6.92 Å². The number of carbonyl (C=O) groups is 1. The summed E-state index contributed by atoms with van der Waals surface area (Å²) in [6, 6.07) is 3.56. The lowest BCUT2D eigenvalue weighted by atomic mass is 9.98. The minimum Gasteiger partial charge on any atom is -0.478 e. The van der Waals surface area contributed by atoms with Crippen molar-refractivity contribution in [2.24, 2.45) is 11.8 Å². The van der Waals surface area contributed by atoms with Crippen LogP contribution < -0.4 is 4.72 Å². The quantitative estimate of drug-likeness (QED) is 0.888. The van der Waals surface area contributed by atoms with Crippen molar-refractivity contribution >= 4 is 27.6 Å². The molecule has 1 aliphatic rings. The van der Waals surface area contributed by atoms with Crippen LogP contribution in [-0.2, 0) is 10.0 Å². The van der Waals surface area contributed by atoms with E-state index in [9.17, 15) is 13.2 Å². The highest BCUT2D eigenvalue weighted by atomic mass is 35.5. The minimum absolute atomic E-state index is 0.00995. The van der Waals surface area contributed by atoms with E-state index in [1.54, 1.807) is 0 Å². The molecule has 7 heteroatoms. The summed E-state index contributed by atoms with van der Waals surface area (Å²) in [6.07, 6.45) is 1.80. The number of carboxylic acid groups (broad SMARTS) is 1. The maximum atomic E-state index is 12.4. The first-order valence-electron chi connectivity index (χ1n) is 6.77. The summed E-state index contributed by atoms with van der Waals surface area (Å²) in [5, 5.41) is 8.82. The van der Waals surface area contributed by atoms with Crippen LogP contribution in [0.1, 0.15) is 37.0 Å². The van der Waals surface area contributed by atoms with Crippen LogP contribution in [0.15, 0.2) is 23.1 Å². The maximum Gasteiger partial charge on any atom is 0.337 e. The topological polar surface area (TPSA) is 83.5 Å². The number of halogens is 1. The lowest BCUT2D eigenvalue weighted by Crippen LogP contribution is -2.37. The van der Waals surface area contributed by atoms with Crippen LogP contribution in [0.5, 0.6) is 0 Å². The van der Waals surface area contributed by atoms with Gasteiger partial charge in [0.15, 0.2) is 0 Å². The molecule has 5 nitrogen and oxygen atoms in total. The monoisotopic (exact) mass is 331 g/mol. The molecule has 0 bridgehead atoms. The molecule has 0 saturated heterocycles. The second-order valence-electron chi connectivity index (χ2n) is 5.59. The minimum atomic E-state index is -3.69. The first-order valence-corrected chi connectivity index (χ1v) is 8.63. The highest BCUT2D eigenvalue weighted by molar-refractivity contribution is 7.89. The number of sulfonamides is 1. The summed E-state index contributed by atoms with van der Waals surface area (Å²) in [6.45, 7) is 4.14. The van der Waals surface area contributed by atoms with Crippen molar-refractivity contribution in [2.75, 3.05) is 0 Å². The Hall–Kier alpha value is -1.11. The molecular formula is C14H18ClNO4S. The van der Waals surface area contributed by atoms with Gasteiger partial charge in [-0.15, -0.1) is 0 Å². The number of rotatable bonds is 4. The van der Waals surface area contributed by atoms with Gasteiger partial charge in [-0.1, -0.05) is 25.4 Å². The Bertz CT molecular complexity index is 659. The molecule has 0 aliphatic heterocycles. The Morgan fingerprint density at radius 1 is 1.33 bits per heavy atom. The largest absolute Gasteiger partial charge is 0.478 e. The zero-order valence-electron chi connectivity index (χ0n) is 11.8. The number of nitrogens with one attached hydrogen (secondary N) is 1. The molecular weight excluding hydrogens is 314 g/mol. The third kappa shape index (κ3) is 3.39. The molecule has 2 N–H and O–H groups in total. The fourth-order valence-electron chi connectivity index (χ4n) is 2.63. The Labute approximate surface area is 129 Å². The van der Waals surface area contributed by atoms with Gasteiger partial charge in [0.25, 0.3) is 0 Å². The van der Waals surface area contributed by atoms with Crippen LogP contribution in [0.2, 0.25) is 5.02 Å². The van der Waals surface area contributed by atoms with E-state index >= 15 is 0 Å². The number of benzene rings is 1. The van der Waals surface area contributed by atoms with Crippen LogP contribution in [0.3, 0.4) is 0 Å². The normalized spacial score (nSPS) is 26.0. The molecule has 1 saturated carbocycles. The van der Waals surface area contributed by atoms with E-state index in [0.717, 1.165) is 12.8 Å². The average Bonchev–Trinajstić information content (AvgIpc) is 2.69. The molecule has 1 aliphatic carbocycles. The summed E-state index contributed by atoms with van der Waals surface area (Å²) in [5.74, 6) is -0.431. The SMILES string of the molecule is CC1CCC(NS(=O)(=O)c2ccc(C(=O)O)c(Cl)c2)C1C. The van der Waals surface area contributed by atoms with Gasteiger partial charge in [0.2, 0.25) is 10.0 Å². The molecule has 3 atom stereocenters. The summed E-state index contributed by atoms with van der Waals surface area (Å²) >= 11 is 5.83. The molecule has 0 radical (unpaired) electrons. The van der Waals surface area contributed by atoms with Crippen molar-refractivity contribution in [3.8, 4) is 0 Å². The van der Waals surface area contributed by atoms with E-state index in [-0.39, 0.29) is 27.4 Å². The Kier molecular flexibility index (Phi) is 4.60. The lowest BCUT2D eigenvalue weighted by Gasteiger charge is -2.19. The first-order chi connectivity index (χ1) is 9.72. The Morgan fingerprint density at radius 2 is 2.00 bits per heavy atom. The van der Waals surface area contributed by atoms with Gasteiger partial charge in [-0.05, 0) is 42.9 Å². The average molecular weight is 332 g/mol. The molecule has 3 unspecified atom stereocenters. The third-order valence-electron chi connectivity index (χ3n) is 4.25. The fraction of sp³-hybridized carbons (Fsp3) is 0.500. The third-order valence-corrected chi connectivity index (χ3v) is 6.05. The summed E-state index contributed by atoms with van der Waals surface area (Å²) in [5.41, 5.74) is -0.113. The van der Waals surface area contributed by atoms with E-state index in [2.05, 4.69) is 11.6 Å². The van der Waals surface area contributed by atoms with Gasteiger partial charge in [-0.25, -0.2) is 17.9 Å². The van der Waals surface area contributed by atoms with Gasteiger partial charge in [-0.3, -0.25) is 0 Å². The standard InChI is InChI=1S/C14H18ClNO4S/c1-8-3-6-13(9(8)2)16-21(19,20)10-4-5-11(14(17)18)12(15)7-10/h4-5,7-9,13,16H,3,6H2,1-2H3,(H,17,18). The summed E-state index contributed by atoms with van der Waals surface area (Å²) in [7, 11) is -3.69. The highest BCUT2D eigenvalue weighted by Crippen LogP contribution is 2.32. The maximum absolute atomic E-state index is 12.4. The van der Waals surface area contributed by atoms with Crippen molar-refractivity contribution < 1.29 is 18.3 Å². The number of aromatic carboxylic acids is 1. The zero-order chi connectivity index (χ0) is 15.8. The summed E-state index contributed by atoms with van der Waals surface area (Å²) < 4.78 is 27.4. The van der Waals surface area contributed by atoms with Crippen LogP contribution in [0, 0.1) is 11.8 Å². The molecule has 21 heavy (non-hydrogen) atoms. The molecule has 2 rings (SSSR count). The number of carboxylic acids is 1. The molecule has 1 aromatic carbocycles. The first kappa shape index (κ1) is 16.3. The molecule has 1 fully saturated rings. The van der Waals surface area contributed by atoms with Crippen molar-refractivity contribution in [3.63, 3.8) is 0 Å². The fourth-order valence-corrected chi connectivity index (χ4v) is 4.35. The Morgan fingerprint density at radius 3 is 2.48 bits per heavy atom. The van der Waals surface area contributed by atoms with E-state index in [4.69, 9.17) is 16.7 Å². The van der Waals surface area contributed by atoms with Crippen LogP contribution >= 0.6 is 11.6 Å². The van der Waals surface area contributed by atoms with E-state index < -0.39 is 16.0 Å². The van der Waals surface area contributed by atoms with Gasteiger partial charge in [-0.2, -0.15) is 0 Å². The lowest BCUT2D eigenvalue weighted by molar-refractivity contribution is 0.0697. The second-order valence-corrected chi connectivity index (χ2v) is 7.71. The van der Waals surface area contributed by atoms with Crippen molar-refractivity contribution in [1.29, 1.82) is 0 Å². The molecule has 1 aromatic rings. The zero-order valence-corrected chi connectivity index (χ0v) is 13.4. The predicted octanol–water partition coefficient (Wildman–Crippen LogP) is 2.75. The van der Waals surface area contributed by atoms with Crippen LogP contribution in [0.4, 0.5) is 0 Å². The van der Waals surface area contributed by atoms with Gasteiger partial charge in [0.1, 0.15) is 0 Å². The van der Waals surface area contributed by atoms with Crippen LogP contribution in [0.25, 0.3) is 0 Å². The molecule has 0 spiro atoms. The van der Waals surface area contributed by atoms with Gasteiger partial charge in [0.05, 0.1) is 15.5 Å². The van der Waals surface area contributed by atoms with Crippen LogP contribution in [-0.4, -0.2) is 25.5 Å². The molecule has 0 aromatic heterocycles. The van der Waals surface area contributed by atoms with E-state index in [1.165, 1.54) is 18.2 Å². The number of hydrogen-bond acceptors (Lipinski definition) is 3. The summed E-state index contributed by atoms with van der Waals surface area (Å²) in [4.78, 5) is 10.9. The van der Waals surface area contributed by atoms with Gasteiger partial charge < -0.3 is 5.11 Å². The van der Waals surface area contributed by atoms with Crippen molar-refractivity contribution in [2.45, 2.75) is 37.6 Å². The van der Waals surface area contributed by atoms with E-state index in [0.29, 0.717) is 5.92 Å². The highest BCUT2D eigenvalue weighted by Gasteiger charge is 2.33. The molecule has 116 valence electrons. The number of hydrogen-bond donors (Lipinski definition) is 2. The Balaban J connectivity index is 2.24.